The lowest BCUT2D eigenvalue weighted by Crippen LogP contribution is -2.15. The SMILES string of the molecule is O=C(Nc1cccc(C(=O)Nc2cccc(C(F)(F)F)c2)c1)c1ccc(S(=O)(=O)C(F)F)cc1. The van der Waals surface area contributed by atoms with Gasteiger partial charge in [-0.2, -0.15) is 22.0 Å². The summed E-state index contributed by atoms with van der Waals surface area (Å²) < 4.78 is 86.7. The standard InChI is InChI=1S/C22H15F5N2O4S/c23-21(24)34(32,33)18-9-7-13(8-10-18)19(30)28-16-5-1-3-14(11-16)20(31)29-17-6-2-4-15(12-17)22(25,26)27/h1-12,21H,(H,28,30)(H,29,31). The monoisotopic (exact) mass is 498 g/mol. The molecule has 178 valence electrons. The number of hydrogen-bond donors (Lipinski definition) is 2. The molecule has 0 heterocycles. The Balaban J connectivity index is 1.72. The van der Waals surface area contributed by atoms with E-state index in [1.165, 1.54) is 30.3 Å². The highest BCUT2D eigenvalue weighted by Crippen LogP contribution is 2.30. The Bertz CT molecular complexity index is 1320. The maximum atomic E-state index is 12.8. The first-order valence-corrected chi connectivity index (χ1v) is 10.9. The Labute approximate surface area is 190 Å². The molecule has 3 aromatic carbocycles. The first-order chi connectivity index (χ1) is 15.9. The van der Waals surface area contributed by atoms with Crippen molar-refractivity contribution >= 4 is 33.0 Å². The van der Waals surface area contributed by atoms with Crippen molar-refractivity contribution in [3.05, 3.63) is 89.5 Å². The van der Waals surface area contributed by atoms with Crippen LogP contribution in [0.1, 0.15) is 26.3 Å². The highest BCUT2D eigenvalue weighted by atomic mass is 32.2. The Morgan fingerprint density at radius 1 is 0.735 bits per heavy atom. The van der Waals surface area contributed by atoms with Crippen LogP contribution < -0.4 is 10.6 Å². The summed E-state index contributed by atoms with van der Waals surface area (Å²) in [5, 5.41) is 4.80. The largest absolute Gasteiger partial charge is 0.416 e. The molecule has 0 atom stereocenters. The van der Waals surface area contributed by atoms with Gasteiger partial charge in [0, 0.05) is 22.5 Å². The first-order valence-electron chi connectivity index (χ1n) is 9.40. The van der Waals surface area contributed by atoms with Gasteiger partial charge in [-0.1, -0.05) is 12.1 Å². The molecule has 0 saturated carbocycles. The van der Waals surface area contributed by atoms with E-state index in [0.717, 1.165) is 42.5 Å². The van der Waals surface area contributed by atoms with Crippen molar-refractivity contribution in [1.82, 2.24) is 0 Å². The zero-order valence-corrected chi connectivity index (χ0v) is 17.8. The van der Waals surface area contributed by atoms with Crippen molar-refractivity contribution in [1.29, 1.82) is 0 Å². The lowest BCUT2D eigenvalue weighted by atomic mass is 10.1. The third kappa shape index (κ3) is 5.76. The van der Waals surface area contributed by atoms with Gasteiger partial charge in [0.2, 0.25) is 9.84 Å². The predicted octanol–water partition coefficient (Wildman–Crippen LogP) is 5.21. The summed E-state index contributed by atoms with van der Waals surface area (Å²) in [6.07, 6.45) is -4.58. The van der Waals surface area contributed by atoms with Gasteiger partial charge in [0.1, 0.15) is 0 Å². The minimum absolute atomic E-state index is 0.0352. The maximum absolute atomic E-state index is 12.8. The third-order valence-electron chi connectivity index (χ3n) is 4.51. The second-order valence-electron chi connectivity index (χ2n) is 6.90. The average Bonchev–Trinajstić information content (AvgIpc) is 2.79. The minimum Gasteiger partial charge on any atom is -0.322 e. The van der Waals surface area contributed by atoms with Gasteiger partial charge in [-0.05, 0) is 60.7 Å². The van der Waals surface area contributed by atoms with Gasteiger partial charge in [-0.15, -0.1) is 0 Å². The first kappa shape index (κ1) is 24.8. The van der Waals surface area contributed by atoms with Crippen LogP contribution in [0.25, 0.3) is 0 Å². The van der Waals surface area contributed by atoms with Crippen LogP contribution in [0.15, 0.2) is 77.7 Å². The quantitative estimate of drug-likeness (QED) is 0.457. The van der Waals surface area contributed by atoms with Crippen LogP contribution in [-0.2, 0) is 16.0 Å². The molecule has 2 N–H and O–H groups in total. The molecule has 0 aliphatic heterocycles. The summed E-state index contributed by atoms with van der Waals surface area (Å²) in [7, 11) is -4.80. The zero-order chi connectivity index (χ0) is 25.1. The van der Waals surface area contributed by atoms with Crippen LogP contribution in [0, 0.1) is 0 Å². The van der Waals surface area contributed by atoms with Crippen molar-refractivity contribution in [2.24, 2.45) is 0 Å². The van der Waals surface area contributed by atoms with Crippen molar-refractivity contribution in [2.45, 2.75) is 16.8 Å². The molecule has 0 saturated heterocycles. The number of anilines is 2. The molecule has 3 rings (SSSR count). The molecule has 2 amide bonds. The molecule has 34 heavy (non-hydrogen) atoms. The Morgan fingerprint density at radius 2 is 1.26 bits per heavy atom. The number of sulfone groups is 1. The fourth-order valence-electron chi connectivity index (χ4n) is 2.82. The summed E-state index contributed by atoms with van der Waals surface area (Å²) >= 11 is 0. The van der Waals surface area contributed by atoms with Crippen molar-refractivity contribution in [2.75, 3.05) is 10.6 Å². The topological polar surface area (TPSA) is 92.3 Å². The van der Waals surface area contributed by atoms with Crippen molar-refractivity contribution in [3.8, 4) is 0 Å². The molecule has 12 heteroatoms. The number of rotatable bonds is 6. The number of nitrogens with one attached hydrogen (secondary N) is 2. The molecule has 0 aliphatic carbocycles. The smallest absolute Gasteiger partial charge is 0.322 e. The number of benzene rings is 3. The summed E-state index contributed by atoms with van der Waals surface area (Å²) in [6.45, 7) is 0. The third-order valence-corrected chi connectivity index (χ3v) is 5.91. The van der Waals surface area contributed by atoms with E-state index in [2.05, 4.69) is 10.6 Å². The molecule has 0 spiro atoms. The normalized spacial score (nSPS) is 11.8. The number of amides is 2. The van der Waals surface area contributed by atoms with Gasteiger partial charge in [0.25, 0.3) is 11.8 Å². The van der Waals surface area contributed by atoms with Gasteiger partial charge in [0.05, 0.1) is 10.5 Å². The number of alkyl halides is 5. The summed E-state index contributed by atoms with van der Waals surface area (Å²) in [5.41, 5.74) is -0.849. The molecular weight excluding hydrogens is 483 g/mol. The van der Waals surface area contributed by atoms with Crippen LogP contribution in [0.2, 0.25) is 0 Å². The molecule has 0 bridgehead atoms. The average molecular weight is 498 g/mol. The van der Waals surface area contributed by atoms with E-state index in [1.807, 2.05) is 0 Å². The van der Waals surface area contributed by atoms with Gasteiger partial charge in [-0.25, -0.2) is 8.42 Å². The van der Waals surface area contributed by atoms with Crippen LogP contribution >= 0.6 is 0 Å². The Morgan fingerprint density at radius 3 is 1.82 bits per heavy atom. The number of hydrogen-bond acceptors (Lipinski definition) is 4. The lowest BCUT2D eigenvalue weighted by Gasteiger charge is -2.11. The molecule has 3 aromatic rings. The second-order valence-corrected chi connectivity index (χ2v) is 8.82. The second kappa shape index (κ2) is 9.59. The molecule has 0 fully saturated rings. The summed E-state index contributed by atoms with van der Waals surface area (Å²) in [6, 6.07) is 13.4. The van der Waals surface area contributed by atoms with Crippen molar-refractivity contribution in [3.63, 3.8) is 0 Å². The van der Waals surface area contributed by atoms with Crippen molar-refractivity contribution < 1.29 is 40.0 Å². The van der Waals surface area contributed by atoms with E-state index in [0.29, 0.717) is 0 Å². The highest BCUT2D eigenvalue weighted by molar-refractivity contribution is 7.91. The van der Waals surface area contributed by atoms with Gasteiger partial charge in [0.15, 0.2) is 0 Å². The van der Waals surface area contributed by atoms with E-state index in [1.54, 1.807) is 0 Å². The maximum Gasteiger partial charge on any atom is 0.416 e. The van der Waals surface area contributed by atoms with Crippen LogP contribution in [0.5, 0.6) is 0 Å². The zero-order valence-electron chi connectivity index (χ0n) is 16.9. The van der Waals surface area contributed by atoms with Crippen LogP contribution in [-0.4, -0.2) is 26.0 Å². The Hall–Kier alpha value is -3.80. The summed E-state index contributed by atoms with van der Waals surface area (Å²) in [5.74, 6) is -5.04. The molecule has 0 aromatic heterocycles. The van der Waals surface area contributed by atoms with Gasteiger partial charge >= 0.3 is 11.9 Å². The number of halogens is 5. The number of carbonyl (C=O) groups excluding carboxylic acids is 2. The van der Waals surface area contributed by atoms with E-state index >= 15 is 0 Å². The van der Waals surface area contributed by atoms with Gasteiger partial charge in [-0.3, -0.25) is 9.59 Å². The molecule has 0 unspecified atom stereocenters. The highest BCUT2D eigenvalue weighted by Gasteiger charge is 2.30. The predicted molar refractivity (Wildman–Crippen MR) is 113 cm³/mol. The molecular formula is C22H15F5N2O4S. The fourth-order valence-corrected chi connectivity index (χ4v) is 3.54. The van der Waals surface area contributed by atoms with Crippen LogP contribution in [0.3, 0.4) is 0 Å². The number of carbonyl (C=O) groups is 2. The fraction of sp³-hybridized carbons (Fsp3) is 0.0909. The molecule has 6 nitrogen and oxygen atoms in total. The van der Waals surface area contributed by atoms with E-state index in [4.69, 9.17) is 0 Å². The van der Waals surface area contributed by atoms with Gasteiger partial charge < -0.3 is 10.6 Å². The Kier molecular flexibility index (Phi) is 7.01. The van der Waals surface area contributed by atoms with Crippen LogP contribution in [0.4, 0.5) is 33.3 Å². The van der Waals surface area contributed by atoms with E-state index in [-0.39, 0.29) is 22.5 Å². The summed E-state index contributed by atoms with van der Waals surface area (Å²) in [4.78, 5) is 24.2. The molecule has 0 aliphatic rings. The lowest BCUT2D eigenvalue weighted by molar-refractivity contribution is -0.137. The molecule has 0 radical (unpaired) electrons. The van der Waals surface area contributed by atoms with E-state index < -0.39 is 44.0 Å². The minimum atomic E-state index is -4.80. The van der Waals surface area contributed by atoms with E-state index in [9.17, 15) is 40.0 Å².